The molecule has 0 saturated carbocycles. The topological polar surface area (TPSA) is 24.6 Å². The summed E-state index contributed by atoms with van der Waals surface area (Å²) in [5.74, 6) is 0. The molecule has 2 heterocycles. The molecule has 74 heavy (non-hydrogen) atoms. The molecule has 15 rings (SSSR count). The Bertz CT molecular complexity index is 4670. The van der Waals surface area contributed by atoms with Crippen LogP contribution in [0.3, 0.4) is 0 Å². The van der Waals surface area contributed by atoms with E-state index in [0.29, 0.717) is 0 Å². The minimum Gasteiger partial charge on any atom is -0.456 e. The lowest BCUT2D eigenvalue weighted by Crippen LogP contribution is -2.11. The van der Waals surface area contributed by atoms with E-state index in [-0.39, 0.29) is 0 Å². The van der Waals surface area contributed by atoms with Crippen LogP contribution in [0.1, 0.15) is 0 Å². The van der Waals surface area contributed by atoms with E-state index in [1.54, 1.807) is 0 Å². The monoisotopic (exact) mass is 943 g/mol. The summed E-state index contributed by atoms with van der Waals surface area (Å²) in [6.45, 7) is 0. The van der Waals surface area contributed by atoms with Crippen molar-refractivity contribution in [2.24, 2.45) is 0 Å². The quantitative estimate of drug-likeness (QED) is 0.142. The SMILES string of the molecule is c1ccc(-n2c3ccccc3c3cc(N(c4ccc(-c5ccc(N(c6ccc7oc8ccccc8c7c6)c6cc7ccccc7c7ccccc67)cc5)cc4)c4cc5ccccc5c5ccccc45)ccc32)cc1. The minimum absolute atomic E-state index is 0.876. The van der Waals surface area contributed by atoms with E-state index in [1.165, 1.54) is 64.9 Å². The highest BCUT2D eigenvalue weighted by molar-refractivity contribution is 6.17. The summed E-state index contributed by atoms with van der Waals surface area (Å²) in [5.41, 5.74) is 14.1. The van der Waals surface area contributed by atoms with Gasteiger partial charge in [0.15, 0.2) is 0 Å². The first-order valence-corrected chi connectivity index (χ1v) is 25.3. The third-order valence-corrected chi connectivity index (χ3v) is 15.1. The van der Waals surface area contributed by atoms with E-state index < -0.39 is 0 Å². The number of para-hydroxylation sites is 3. The maximum absolute atomic E-state index is 6.33. The number of hydrogen-bond acceptors (Lipinski definition) is 3. The van der Waals surface area contributed by atoms with Crippen LogP contribution in [0.2, 0.25) is 0 Å². The van der Waals surface area contributed by atoms with Crippen molar-refractivity contribution in [1.29, 1.82) is 0 Å². The molecule has 0 unspecified atom stereocenters. The zero-order chi connectivity index (χ0) is 48.7. The standard InChI is InChI=1S/C70H45N3O/c1-2-18-50(19-3-1)73-65-28-14-12-26-61(65)63-44-53(38-40-66(63)73)71(67-42-48-16-4-6-20-55(48)57-22-8-10-24-59(57)67)51-34-30-46(31-35-51)47-32-36-52(37-33-47)72(54-39-41-70-64(45-54)62-27-13-15-29-69(62)74-70)68-43-49-17-5-7-21-56(49)58-23-9-11-25-60(58)68/h1-45H. The second-order valence-corrected chi connectivity index (χ2v) is 19.3. The van der Waals surface area contributed by atoms with Crippen molar-refractivity contribution in [1.82, 2.24) is 4.57 Å². The predicted molar refractivity (Wildman–Crippen MR) is 313 cm³/mol. The predicted octanol–water partition coefficient (Wildman–Crippen LogP) is 19.9. The second-order valence-electron chi connectivity index (χ2n) is 19.3. The van der Waals surface area contributed by atoms with E-state index in [4.69, 9.17) is 4.42 Å². The Morgan fingerprint density at radius 3 is 1.27 bits per heavy atom. The lowest BCUT2D eigenvalue weighted by molar-refractivity contribution is 0.669. The van der Waals surface area contributed by atoms with Crippen LogP contribution < -0.4 is 9.80 Å². The summed E-state index contributed by atoms with van der Waals surface area (Å²) in [6.07, 6.45) is 0. The van der Waals surface area contributed by atoms with Crippen LogP contribution in [-0.4, -0.2) is 4.57 Å². The van der Waals surface area contributed by atoms with Crippen molar-refractivity contribution in [3.63, 3.8) is 0 Å². The van der Waals surface area contributed by atoms with Crippen LogP contribution in [0.4, 0.5) is 34.1 Å². The fourth-order valence-electron chi connectivity index (χ4n) is 11.7. The number of benzene rings is 13. The molecule has 0 aliphatic heterocycles. The van der Waals surface area contributed by atoms with Gasteiger partial charge in [0.05, 0.1) is 22.4 Å². The van der Waals surface area contributed by atoms with Crippen LogP contribution in [0.25, 0.3) is 104 Å². The molecule has 0 fully saturated rings. The van der Waals surface area contributed by atoms with Gasteiger partial charge in [-0.15, -0.1) is 0 Å². The number of anilines is 6. The van der Waals surface area contributed by atoms with Crippen molar-refractivity contribution >= 4 is 121 Å². The lowest BCUT2D eigenvalue weighted by atomic mass is 9.98. The molecule has 0 saturated heterocycles. The molecule has 2 aromatic heterocycles. The summed E-state index contributed by atoms with van der Waals surface area (Å²) in [7, 11) is 0. The summed E-state index contributed by atoms with van der Waals surface area (Å²) >= 11 is 0. The van der Waals surface area contributed by atoms with Crippen LogP contribution in [-0.2, 0) is 0 Å². The van der Waals surface area contributed by atoms with E-state index in [1.807, 2.05) is 12.1 Å². The molecule has 0 radical (unpaired) electrons. The van der Waals surface area contributed by atoms with Crippen LogP contribution >= 0.6 is 0 Å². The van der Waals surface area contributed by atoms with Gasteiger partial charge in [0.1, 0.15) is 11.2 Å². The Balaban J connectivity index is 0.867. The first kappa shape index (κ1) is 41.8. The van der Waals surface area contributed by atoms with Gasteiger partial charge >= 0.3 is 0 Å². The molecular formula is C70H45N3O. The number of fused-ring (bicyclic) bond motifs is 12. The van der Waals surface area contributed by atoms with Gasteiger partial charge < -0.3 is 18.8 Å². The highest BCUT2D eigenvalue weighted by atomic mass is 16.3. The van der Waals surface area contributed by atoms with Crippen LogP contribution in [0, 0.1) is 0 Å². The molecule has 0 amide bonds. The van der Waals surface area contributed by atoms with Gasteiger partial charge in [0.25, 0.3) is 0 Å². The van der Waals surface area contributed by atoms with Gasteiger partial charge in [-0.1, -0.05) is 176 Å². The van der Waals surface area contributed by atoms with E-state index in [9.17, 15) is 0 Å². The number of nitrogens with zero attached hydrogens (tertiary/aromatic N) is 3. The van der Waals surface area contributed by atoms with Crippen LogP contribution in [0.5, 0.6) is 0 Å². The maximum Gasteiger partial charge on any atom is 0.135 e. The Morgan fingerprint density at radius 1 is 0.257 bits per heavy atom. The molecule has 0 N–H and O–H groups in total. The number of furan rings is 1. The summed E-state index contributed by atoms with van der Waals surface area (Å²) in [4.78, 5) is 4.85. The third-order valence-electron chi connectivity index (χ3n) is 15.1. The molecule has 4 nitrogen and oxygen atoms in total. The number of rotatable bonds is 8. The molecule has 346 valence electrons. The average molecular weight is 944 g/mol. The Hall–Kier alpha value is -9.90. The van der Waals surface area contributed by atoms with Gasteiger partial charge in [-0.25, -0.2) is 0 Å². The summed E-state index contributed by atoms with van der Waals surface area (Å²) in [5, 5.41) is 14.3. The lowest BCUT2D eigenvalue weighted by Gasteiger charge is -2.28. The smallest absolute Gasteiger partial charge is 0.135 e. The van der Waals surface area contributed by atoms with Crippen molar-refractivity contribution in [3.8, 4) is 16.8 Å². The highest BCUT2D eigenvalue weighted by Gasteiger charge is 2.22. The van der Waals surface area contributed by atoms with Gasteiger partial charge in [-0.2, -0.15) is 0 Å². The van der Waals surface area contributed by atoms with Gasteiger partial charge in [0.2, 0.25) is 0 Å². The fraction of sp³-hybridized carbons (Fsp3) is 0. The first-order valence-electron chi connectivity index (χ1n) is 25.3. The van der Waals surface area contributed by atoms with E-state index >= 15 is 0 Å². The Labute approximate surface area is 427 Å². The molecule has 0 spiro atoms. The molecule has 0 aliphatic rings. The van der Waals surface area contributed by atoms with Crippen molar-refractivity contribution in [2.75, 3.05) is 9.80 Å². The highest BCUT2D eigenvalue weighted by Crippen LogP contribution is 2.47. The van der Waals surface area contributed by atoms with Crippen LogP contribution in [0.15, 0.2) is 277 Å². The zero-order valence-electron chi connectivity index (χ0n) is 40.2. The largest absolute Gasteiger partial charge is 0.456 e. The van der Waals surface area contributed by atoms with Crippen molar-refractivity contribution < 1.29 is 4.42 Å². The molecule has 0 atom stereocenters. The normalized spacial score (nSPS) is 11.8. The van der Waals surface area contributed by atoms with Gasteiger partial charge in [-0.05, 0) is 141 Å². The number of aromatic nitrogens is 1. The average Bonchev–Trinajstić information content (AvgIpc) is 4.01. The number of hydrogen-bond donors (Lipinski definition) is 0. The molecule has 4 heteroatoms. The van der Waals surface area contributed by atoms with E-state index in [2.05, 4.69) is 275 Å². The third kappa shape index (κ3) is 6.69. The fourth-order valence-corrected chi connectivity index (χ4v) is 11.7. The molecule has 15 aromatic rings. The van der Waals surface area contributed by atoms with Gasteiger partial charge in [0, 0.05) is 60.8 Å². The minimum atomic E-state index is 0.876. The summed E-state index contributed by atoms with van der Waals surface area (Å²) < 4.78 is 8.71. The van der Waals surface area contributed by atoms with Crippen molar-refractivity contribution in [2.45, 2.75) is 0 Å². The Morgan fingerprint density at radius 2 is 0.676 bits per heavy atom. The molecule has 13 aromatic carbocycles. The zero-order valence-corrected chi connectivity index (χ0v) is 40.2. The maximum atomic E-state index is 6.33. The van der Waals surface area contributed by atoms with E-state index in [0.717, 1.165) is 72.9 Å². The molecule has 0 bridgehead atoms. The summed E-state index contributed by atoms with van der Waals surface area (Å²) in [6, 6.07) is 99.2. The molecular weight excluding hydrogens is 899 g/mol. The molecule has 0 aliphatic carbocycles. The second kappa shape index (κ2) is 16.9. The van der Waals surface area contributed by atoms with Crippen molar-refractivity contribution in [3.05, 3.63) is 273 Å². The Kier molecular flexibility index (Phi) is 9.54. The first-order chi connectivity index (χ1) is 36.7. The van der Waals surface area contributed by atoms with Gasteiger partial charge in [-0.3, -0.25) is 0 Å².